The lowest BCUT2D eigenvalue weighted by Crippen LogP contribution is -2.52. The Labute approximate surface area is 145 Å². The van der Waals surface area contributed by atoms with Crippen LogP contribution in [0, 0.1) is 0 Å². The zero-order chi connectivity index (χ0) is 17.0. The molecule has 0 spiro atoms. The van der Waals surface area contributed by atoms with E-state index in [9.17, 15) is 9.59 Å². The minimum atomic E-state index is -0.639. The number of benzene rings is 1. The highest BCUT2D eigenvalue weighted by molar-refractivity contribution is 6.21. The van der Waals surface area contributed by atoms with Gasteiger partial charge in [-0.25, -0.2) is 4.90 Å². The Balaban J connectivity index is 1.47. The smallest absolute Gasteiger partial charge is 0.263 e. The average Bonchev–Trinajstić information content (AvgIpc) is 3.05. The summed E-state index contributed by atoms with van der Waals surface area (Å²) in [6, 6.07) is 6.54. The summed E-state index contributed by atoms with van der Waals surface area (Å²) < 4.78 is 0. The molecule has 1 aromatic rings. The fraction of sp³-hybridized carbons (Fsp3) is 0.529. The molecule has 3 saturated heterocycles. The normalized spacial score (nSPS) is 31.6. The quantitative estimate of drug-likeness (QED) is 0.752. The number of hydrogen-bond donors (Lipinski definition) is 2. The maximum absolute atomic E-state index is 12.8. The summed E-state index contributed by atoms with van der Waals surface area (Å²) in [5, 5.41) is 3.46. The van der Waals surface area contributed by atoms with Crippen molar-refractivity contribution in [3.63, 3.8) is 0 Å². The molecule has 3 atom stereocenters. The van der Waals surface area contributed by atoms with Crippen LogP contribution in [0.2, 0.25) is 0 Å². The first kappa shape index (κ1) is 15.3. The van der Waals surface area contributed by atoms with Crippen molar-refractivity contribution in [3.05, 3.63) is 29.3 Å². The number of fused-ring (bicyclic) bond motifs is 3. The molecule has 2 N–H and O–H groups in total. The highest BCUT2D eigenvalue weighted by atomic mass is 16.9. The summed E-state index contributed by atoms with van der Waals surface area (Å²) in [7, 11) is 0. The van der Waals surface area contributed by atoms with Gasteiger partial charge in [-0.15, -0.1) is 0 Å². The Hall–Kier alpha value is -2.00. The molecular formula is C17H20N4O4. The summed E-state index contributed by atoms with van der Waals surface area (Å²) in [5.41, 5.74) is 4.25. The van der Waals surface area contributed by atoms with E-state index in [1.807, 2.05) is 12.1 Å². The molecule has 1 aromatic carbocycles. The number of amides is 2. The Bertz CT molecular complexity index is 717. The van der Waals surface area contributed by atoms with Crippen molar-refractivity contribution in [2.75, 3.05) is 24.6 Å². The topological polar surface area (TPSA) is 83.1 Å². The second-order valence-electron chi connectivity index (χ2n) is 6.95. The SMILES string of the molecule is O=C1c2ccc(N3C4CCC3CNC4)cc2C(=O)N1C1CCONO1. The van der Waals surface area contributed by atoms with Crippen LogP contribution in [0.15, 0.2) is 18.2 Å². The van der Waals surface area contributed by atoms with Gasteiger partial charge in [0.05, 0.1) is 17.7 Å². The number of rotatable bonds is 2. The standard InChI is InChI=1S/C17H20N4O4/c22-16-13-4-3-10(20-11-1-2-12(20)9-18-8-11)7-14(13)17(23)21(16)15-5-6-24-19-25-15/h3-4,7,11-12,15,18-19H,1-2,5-6,8-9H2. The lowest BCUT2D eigenvalue weighted by Gasteiger charge is -2.37. The molecule has 3 unspecified atom stereocenters. The number of carbonyl (C=O) groups excluding carboxylic acids is 2. The van der Waals surface area contributed by atoms with Crippen LogP contribution in [0.25, 0.3) is 0 Å². The largest absolute Gasteiger partial charge is 0.363 e. The third kappa shape index (κ3) is 2.29. The van der Waals surface area contributed by atoms with Gasteiger partial charge in [0.2, 0.25) is 0 Å². The molecule has 2 bridgehead atoms. The molecule has 132 valence electrons. The van der Waals surface area contributed by atoms with Crippen LogP contribution in [0.3, 0.4) is 0 Å². The summed E-state index contributed by atoms with van der Waals surface area (Å²) in [6.07, 6.45) is 2.14. The third-order valence-corrected chi connectivity index (χ3v) is 5.58. The number of hydrogen-bond acceptors (Lipinski definition) is 7. The van der Waals surface area contributed by atoms with Gasteiger partial charge < -0.3 is 10.2 Å². The fourth-order valence-corrected chi connectivity index (χ4v) is 4.40. The van der Waals surface area contributed by atoms with Crippen molar-refractivity contribution in [3.8, 4) is 0 Å². The first-order valence-electron chi connectivity index (χ1n) is 8.77. The summed E-state index contributed by atoms with van der Waals surface area (Å²) in [4.78, 5) is 39.2. The molecule has 4 aliphatic rings. The second kappa shape index (κ2) is 5.77. The summed E-state index contributed by atoms with van der Waals surface area (Å²) in [6.45, 7) is 2.32. The minimum absolute atomic E-state index is 0.293. The van der Waals surface area contributed by atoms with Gasteiger partial charge in [-0.1, -0.05) is 5.64 Å². The van der Waals surface area contributed by atoms with Gasteiger partial charge in [0.15, 0.2) is 6.23 Å². The minimum Gasteiger partial charge on any atom is -0.363 e. The monoisotopic (exact) mass is 344 g/mol. The molecule has 8 nitrogen and oxygen atoms in total. The van der Waals surface area contributed by atoms with Gasteiger partial charge in [0.25, 0.3) is 11.8 Å². The van der Waals surface area contributed by atoms with E-state index in [2.05, 4.69) is 15.9 Å². The number of imide groups is 1. The lowest BCUT2D eigenvalue weighted by atomic mass is 10.1. The molecule has 0 aliphatic carbocycles. The van der Waals surface area contributed by atoms with Crippen molar-refractivity contribution in [2.45, 2.75) is 37.6 Å². The van der Waals surface area contributed by atoms with E-state index in [1.165, 1.54) is 4.90 Å². The van der Waals surface area contributed by atoms with E-state index in [-0.39, 0.29) is 11.8 Å². The highest BCUT2D eigenvalue weighted by Gasteiger charge is 2.43. The van der Waals surface area contributed by atoms with Crippen molar-refractivity contribution < 1.29 is 19.3 Å². The first-order valence-corrected chi connectivity index (χ1v) is 8.77. The van der Waals surface area contributed by atoms with E-state index < -0.39 is 6.23 Å². The van der Waals surface area contributed by atoms with Crippen LogP contribution in [0.4, 0.5) is 5.69 Å². The second-order valence-corrected chi connectivity index (χ2v) is 6.95. The average molecular weight is 344 g/mol. The Kier molecular flexibility index (Phi) is 3.53. The van der Waals surface area contributed by atoms with Gasteiger partial charge in [0.1, 0.15) is 0 Å². The predicted molar refractivity (Wildman–Crippen MR) is 87.7 cm³/mol. The molecule has 0 aromatic heterocycles. The van der Waals surface area contributed by atoms with Gasteiger partial charge in [-0.3, -0.25) is 19.3 Å². The molecule has 4 heterocycles. The molecule has 4 aliphatic heterocycles. The maximum atomic E-state index is 12.8. The van der Waals surface area contributed by atoms with Gasteiger partial charge >= 0.3 is 0 Å². The van der Waals surface area contributed by atoms with Crippen molar-refractivity contribution >= 4 is 17.5 Å². The zero-order valence-electron chi connectivity index (χ0n) is 13.7. The van der Waals surface area contributed by atoms with Crippen molar-refractivity contribution in [2.24, 2.45) is 0 Å². The van der Waals surface area contributed by atoms with Crippen LogP contribution >= 0.6 is 0 Å². The molecule has 8 heteroatoms. The molecule has 2 amide bonds. The molecule has 0 radical (unpaired) electrons. The Morgan fingerprint density at radius 1 is 1.00 bits per heavy atom. The molecule has 25 heavy (non-hydrogen) atoms. The molecular weight excluding hydrogens is 324 g/mol. The van der Waals surface area contributed by atoms with Crippen LogP contribution in [0.1, 0.15) is 40.0 Å². The van der Waals surface area contributed by atoms with E-state index in [0.29, 0.717) is 36.2 Å². The van der Waals surface area contributed by atoms with Gasteiger partial charge in [-0.05, 0) is 31.0 Å². The first-order chi connectivity index (χ1) is 12.2. The predicted octanol–water partition coefficient (Wildman–Crippen LogP) is 0.406. The Morgan fingerprint density at radius 2 is 1.76 bits per heavy atom. The van der Waals surface area contributed by atoms with E-state index in [1.54, 1.807) is 6.07 Å². The summed E-state index contributed by atoms with van der Waals surface area (Å²) in [5.74, 6) is -0.596. The van der Waals surface area contributed by atoms with Crippen LogP contribution in [-0.2, 0) is 9.68 Å². The van der Waals surface area contributed by atoms with Gasteiger partial charge in [0, 0.05) is 37.3 Å². The molecule has 5 rings (SSSR count). The van der Waals surface area contributed by atoms with E-state index in [4.69, 9.17) is 9.68 Å². The lowest BCUT2D eigenvalue weighted by molar-refractivity contribution is -0.259. The summed E-state index contributed by atoms with van der Waals surface area (Å²) >= 11 is 0. The van der Waals surface area contributed by atoms with E-state index in [0.717, 1.165) is 31.6 Å². The molecule has 0 saturated carbocycles. The van der Waals surface area contributed by atoms with Crippen LogP contribution in [-0.4, -0.2) is 54.7 Å². The van der Waals surface area contributed by atoms with E-state index >= 15 is 0 Å². The zero-order valence-corrected chi connectivity index (χ0v) is 13.7. The number of piperazine rings is 1. The van der Waals surface area contributed by atoms with Crippen LogP contribution in [0.5, 0.6) is 0 Å². The fourth-order valence-electron chi connectivity index (χ4n) is 4.40. The number of carbonyl (C=O) groups is 2. The third-order valence-electron chi connectivity index (χ3n) is 5.58. The highest BCUT2D eigenvalue weighted by Crippen LogP contribution is 2.36. The van der Waals surface area contributed by atoms with Gasteiger partial charge in [-0.2, -0.15) is 0 Å². The maximum Gasteiger partial charge on any atom is 0.263 e. The Morgan fingerprint density at radius 3 is 2.48 bits per heavy atom. The van der Waals surface area contributed by atoms with Crippen molar-refractivity contribution in [1.82, 2.24) is 15.9 Å². The number of anilines is 1. The number of nitrogens with one attached hydrogen (secondary N) is 2. The molecule has 3 fully saturated rings. The van der Waals surface area contributed by atoms with Crippen molar-refractivity contribution in [1.29, 1.82) is 0 Å². The van der Waals surface area contributed by atoms with Crippen LogP contribution < -0.4 is 15.9 Å². The number of nitrogens with zero attached hydrogens (tertiary/aromatic N) is 2.